The maximum absolute atomic E-state index is 13.0. The van der Waals surface area contributed by atoms with Crippen LogP contribution in [-0.2, 0) is 9.53 Å². The molecule has 1 aliphatic rings. The molecule has 0 bridgehead atoms. The summed E-state index contributed by atoms with van der Waals surface area (Å²) in [6.07, 6.45) is 1.57. The molecule has 0 spiro atoms. The van der Waals surface area contributed by atoms with E-state index in [1.807, 2.05) is 25.1 Å². The average Bonchev–Trinajstić information content (AvgIpc) is 3.40. The van der Waals surface area contributed by atoms with Gasteiger partial charge in [-0.25, -0.2) is 14.6 Å². The molecular formula is C27H16BrCl2NO5S. The van der Waals surface area contributed by atoms with Gasteiger partial charge in [0.2, 0.25) is 5.90 Å². The van der Waals surface area contributed by atoms with Crippen LogP contribution in [0, 0.1) is 0 Å². The molecule has 0 aliphatic carbocycles. The van der Waals surface area contributed by atoms with Crippen LogP contribution < -0.4 is 9.47 Å². The van der Waals surface area contributed by atoms with E-state index in [2.05, 4.69) is 20.9 Å². The highest BCUT2D eigenvalue weighted by Crippen LogP contribution is 2.38. The monoisotopic (exact) mass is 615 g/mol. The van der Waals surface area contributed by atoms with Crippen molar-refractivity contribution in [3.63, 3.8) is 0 Å². The van der Waals surface area contributed by atoms with Crippen molar-refractivity contribution in [3.05, 3.63) is 96.9 Å². The third-order valence-electron chi connectivity index (χ3n) is 5.26. The molecule has 1 aromatic heterocycles. The molecule has 1 aliphatic heterocycles. The Morgan fingerprint density at radius 1 is 1.08 bits per heavy atom. The molecule has 6 nitrogen and oxygen atoms in total. The Labute approximate surface area is 234 Å². The molecule has 37 heavy (non-hydrogen) atoms. The van der Waals surface area contributed by atoms with Gasteiger partial charge >= 0.3 is 11.9 Å². The fraction of sp³-hybridized carbons (Fsp3) is 0.0741. The number of esters is 2. The summed E-state index contributed by atoms with van der Waals surface area (Å²) in [5.41, 5.74) is 1.37. The van der Waals surface area contributed by atoms with Crippen molar-refractivity contribution in [3.8, 4) is 11.5 Å². The Morgan fingerprint density at radius 2 is 1.86 bits per heavy atom. The summed E-state index contributed by atoms with van der Waals surface area (Å²) in [5, 5.41) is 1.68. The minimum Gasteiger partial charge on any atom is -0.490 e. The Morgan fingerprint density at radius 3 is 2.62 bits per heavy atom. The number of hydrogen-bond acceptors (Lipinski definition) is 7. The quantitative estimate of drug-likeness (QED) is 0.125. The second-order valence-electron chi connectivity index (χ2n) is 7.76. The lowest BCUT2D eigenvalue weighted by atomic mass is 10.1. The van der Waals surface area contributed by atoms with E-state index in [-0.39, 0.29) is 17.3 Å². The summed E-state index contributed by atoms with van der Waals surface area (Å²) < 4.78 is 18.4. The second-order valence-corrected chi connectivity index (χ2v) is 10.5. The molecule has 0 saturated heterocycles. The minimum atomic E-state index is -0.592. The minimum absolute atomic E-state index is 0.125. The summed E-state index contributed by atoms with van der Waals surface area (Å²) in [6, 6.07) is 17.4. The van der Waals surface area contributed by atoms with E-state index in [0.717, 1.165) is 14.6 Å². The van der Waals surface area contributed by atoms with Gasteiger partial charge in [-0.15, -0.1) is 11.3 Å². The first-order chi connectivity index (χ1) is 17.8. The van der Waals surface area contributed by atoms with Crippen LogP contribution in [0.4, 0.5) is 0 Å². The highest BCUT2D eigenvalue weighted by Gasteiger charge is 2.25. The van der Waals surface area contributed by atoms with Gasteiger partial charge in [0.15, 0.2) is 17.2 Å². The van der Waals surface area contributed by atoms with Gasteiger partial charge in [0.05, 0.1) is 11.6 Å². The van der Waals surface area contributed by atoms with E-state index in [1.165, 1.54) is 11.3 Å². The third-order valence-corrected chi connectivity index (χ3v) is 7.64. The summed E-state index contributed by atoms with van der Waals surface area (Å²) in [5.74, 6) is -0.423. The van der Waals surface area contributed by atoms with Crippen LogP contribution in [-0.4, -0.2) is 24.4 Å². The van der Waals surface area contributed by atoms with Crippen molar-refractivity contribution in [2.75, 3.05) is 6.61 Å². The third kappa shape index (κ3) is 5.43. The van der Waals surface area contributed by atoms with E-state index in [1.54, 1.807) is 48.5 Å². The number of rotatable bonds is 6. The molecule has 0 fully saturated rings. The van der Waals surface area contributed by atoms with Gasteiger partial charge in [-0.05, 0) is 67.1 Å². The lowest BCUT2D eigenvalue weighted by Gasteiger charge is -2.11. The highest BCUT2D eigenvalue weighted by molar-refractivity contribution is 9.10. The van der Waals surface area contributed by atoms with Gasteiger partial charge in [-0.2, -0.15) is 0 Å². The van der Waals surface area contributed by atoms with Crippen molar-refractivity contribution in [1.82, 2.24) is 0 Å². The van der Waals surface area contributed by atoms with Gasteiger partial charge in [0, 0.05) is 25.1 Å². The number of hydrogen-bond donors (Lipinski definition) is 0. The number of carbonyl (C=O) groups excluding carboxylic acids is 2. The molecule has 0 radical (unpaired) electrons. The van der Waals surface area contributed by atoms with Crippen LogP contribution in [0.15, 0.2) is 75.8 Å². The van der Waals surface area contributed by atoms with Crippen molar-refractivity contribution in [2.45, 2.75) is 6.92 Å². The number of nitrogens with zero attached hydrogens (tertiary/aromatic N) is 1. The first kappa shape index (κ1) is 25.5. The van der Waals surface area contributed by atoms with Crippen LogP contribution in [0.2, 0.25) is 10.0 Å². The topological polar surface area (TPSA) is 74.2 Å². The molecule has 3 aromatic carbocycles. The Bertz CT molecular complexity index is 1610. The zero-order chi connectivity index (χ0) is 26.1. The zero-order valence-corrected chi connectivity index (χ0v) is 23.0. The van der Waals surface area contributed by atoms with Crippen molar-refractivity contribution in [2.24, 2.45) is 4.99 Å². The normalized spacial score (nSPS) is 14.1. The highest BCUT2D eigenvalue weighted by atomic mass is 79.9. The van der Waals surface area contributed by atoms with Gasteiger partial charge in [-0.3, -0.25) is 0 Å². The second kappa shape index (κ2) is 10.7. The Hall–Kier alpha value is -3.17. The summed E-state index contributed by atoms with van der Waals surface area (Å²) in [4.78, 5) is 30.0. The molecule has 0 saturated carbocycles. The molecule has 4 aromatic rings. The fourth-order valence-corrected chi connectivity index (χ4v) is 5.63. The first-order valence-electron chi connectivity index (χ1n) is 11.0. The van der Waals surface area contributed by atoms with E-state index in [0.29, 0.717) is 38.4 Å². The Kier molecular flexibility index (Phi) is 7.35. The molecule has 186 valence electrons. The number of ether oxygens (including phenoxy) is 3. The summed E-state index contributed by atoms with van der Waals surface area (Å²) >= 11 is 17.1. The molecule has 5 rings (SSSR count). The van der Waals surface area contributed by atoms with Crippen molar-refractivity contribution >= 4 is 84.5 Å². The fourth-order valence-electron chi connectivity index (χ4n) is 3.57. The molecule has 0 unspecified atom stereocenters. The molecule has 0 atom stereocenters. The number of fused-ring (bicyclic) bond motifs is 1. The van der Waals surface area contributed by atoms with Crippen LogP contribution in [0.1, 0.15) is 27.7 Å². The number of aliphatic imine (C=N–C) groups is 1. The molecule has 0 amide bonds. The van der Waals surface area contributed by atoms with E-state index in [4.69, 9.17) is 37.4 Å². The lowest BCUT2D eigenvalue weighted by molar-refractivity contribution is -0.129. The number of cyclic esters (lactones) is 1. The van der Waals surface area contributed by atoms with Gasteiger partial charge < -0.3 is 14.2 Å². The maximum Gasteiger partial charge on any atom is 0.363 e. The first-order valence-corrected chi connectivity index (χ1v) is 13.3. The maximum atomic E-state index is 13.0. The number of benzene rings is 3. The Balaban J connectivity index is 1.41. The van der Waals surface area contributed by atoms with E-state index in [9.17, 15) is 9.59 Å². The average molecular weight is 617 g/mol. The largest absolute Gasteiger partial charge is 0.490 e. The van der Waals surface area contributed by atoms with E-state index < -0.39 is 11.9 Å². The van der Waals surface area contributed by atoms with Crippen molar-refractivity contribution in [1.29, 1.82) is 0 Å². The molecule has 2 heterocycles. The van der Waals surface area contributed by atoms with Crippen molar-refractivity contribution < 1.29 is 23.8 Å². The van der Waals surface area contributed by atoms with Gasteiger partial charge in [0.1, 0.15) is 4.88 Å². The molecule has 10 heteroatoms. The number of carbonyl (C=O) groups is 2. The summed E-state index contributed by atoms with van der Waals surface area (Å²) in [7, 11) is 0. The predicted molar refractivity (Wildman–Crippen MR) is 149 cm³/mol. The molecular weight excluding hydrogens is 601 g/mol. The van der Waals surface area contributed by atoms with E-state index >= 15 is 0 Å². The van der Waals surface area contributed by atoms with Gasteiger partial charge in [0.25, 0.3) is 0 Å². The standard InChI is InChI=1S/C27H16BrCl2NO5S/c1-2-34-21-12-14(11-19-26(32)36-25(31-19)15-4-7-17(29)8-5-15)3-10-20(21)35-27(33)24-23(30)18-9-6-16(28)13-22(18)37-24/h3-13H,2H2,1H3/b19-11+. The number of thiophene rings is 1. The van der Waals surface area contributed by atoms with Crippen LogP contribution in [0.25, 0.3) is 16.2 Å². The smallest absolute Gasteiger partial charge is 0.363 e. The lowest BCUT2D eigenvalue weighted by Crippen LogP contribution is -2.08. The van der Waals surface area contributed by atoms with Crippen LogP contribution in [0.5, 0.6) is 11.5 Å². The summed E-state index contributed by atoms with van der Waals surface area (Å²) in [6.45, 7) is 2.15. The van der Waals surface area contributed by atoms with Crippen LogP contribution in [0.3, 0.4) is 0 Å². The SMILES string of the molecule is CCOc1cc(/C=C2/N=C(c3ccc(Cl)cc3)OC2=O)ccc1OC(=O)c1sc2cc(Br)ccc2c1Cl. The predicted octanol–water partition coefficient (Wildman–Crippen LogP) is 7.93. The molecule has 0 N–H and O–H groups in total. The zero-order valence-electron chi connectivity index (χ0n) is 19.1. The number of halogens is 3. The van der Waals surface area contributed by atoms with Crippen LogP contribution >= 0.6 is 50.5 Å². The van der Waals surface area contributed by atoms with Gasteiger partial charge in [-0.1, -0.05) is 51.3 Å².